The number of hydrogen-bond donors (Lipinski definition) is 0. The van der Waals surface area contributed by atoms with Gasteiger partial charge < -0.3 is 14.4 Å². The smallest absolute Gasteiger partial charge is 0.254 e. The molecule has 0 unspecified atom stereocenters. The molecule has 5 nitrogen and oxygen atoms in total. The van der Waals surface area contributed by atoms with Crippen molar-refractivity contribution < 1.29 is 4.79 Å². The number of imidazole rings is 1. The number of likely N-dealkylation sites (tertiary alicyclic amines) is 2. The maximum atomic E-state index is 13.6. The molecule has 2 fully saturated rings. The zero-order valence-corrected chi connectivity index (χ0v) is 16.8. The molecule has 1 atom stereocenters. The van der Waals surface area contributed by atoms with Gasteiger partial charge in [0.25, 0.3) is 5.91 Å². The minimum atomic E-state index is 0.204. The Kier molecular flexibility index (Phi) is 6.42. The fraction of sp³-hybridized carbons (Fsp3) is 0.565. The normalized spacial score (nSPS) is 21.4. The molecule has 0 N–H and O–H groups in total. The number of carbonyl (C=O) groups is 1. The van der Waals surface area contributed by atoms with Crippen molar-refractivity contribution in [1.29, 1.82) is 0 Å². The highest BCUT2D eigenvalue weighted by Crippen LogP contribution is 2.23. The average molecular weight is 381 g/mol. The van der Waals surface area contributed by atoms with E-state index in [-0.39, 0.29) is 5.91 Å². The lowest BCUT2D eigenvalue weighted by Crippen LogP contribution is -2.49. The van der Waals surface area contributed by atoms with Crippen molar-refractivity contribution in [2.45, 2.75) is 57.5 Å². The zero-order valence-electron chi connectivity index (χ0n) is 16.8. The van der Waals surface area contributed by atoms with E-state index in [1.807, 2.05) is 35.3 Å². The number of piperidine rings is 1. The van der Waals surface area contributed by atoms with Gasteiger partial charge in [0.05, 0.1) is 6.33 Å². The van der Waals surface area contributed by atoms with Crippen LogP contribution in [0.4, 0.5) is 0 Å². The molecule has 0 bridgehead atoms. The summed E-state index contributed by atoms with van der Waals surface area (Å²) >= 11 is 0. The molecule has 4 rings (SSSR count). The molecule has 2 aliphatic rings. The Morgan fingerprint density at radius 3 is 2.57 bits per heavy atom. The molecule has 2 aliphatic heterocycles. The minimum absolute atomic E-state index is 0.204. The van der Waals surface area contributed by atoms with Gasteiger partial charge in [-0.3, -0.25) is 4.79 Å². The molecule has 5 heteroatoms. The summed E-state index contributed by atoms with van der Waals surface area (Å²) in [6.45, 7) is 4.99. The number of nitrogens with zero attached hydrogens (tertiary/aromatic N) is 4. The summed E-state index contributed by atoms with van der Waals surface area (Å²) in [5.41, 5.74) is 1.92. The first-order valence-corrected chi connectivity index (χ1v) is 10.9. The highest BCUT2D eigenvalue weighted by molar-refractivity contribution is 5.96. The monoisotopic (exact) mass is 380 g/mol. The van der Waals surface area contributed by atoms with Gasteiger partial charge in [0, 0.05) is 43.6 Å². The molecule has 2 saturated heterocycles. The van der Waals surface area contributed by atoms with Gasteiger partial charge >= 0.3 is 0 Å². The maximum Gasteiger partial charge on any atom is 0.254 e. The Hall–Kier alpha value is -2.14. The molecule has 1 aromatic carbocycles. The first-order chi connectivity index (χ1) is 13.8. The van der Waals surface area contributed by atoms with E-state index in [0.717, 1.165) is 37.1 Å². The fourth-order valence-electron chi connectivity index (χ4n) is 4.67. The lowest BCUT2D eigenvalue weighted by Gasteiger charge is -2.39. The molecule has 0 spiro atoms. The van der Waals surface area contributed by atoms with E-state index >= 15 is 0 Å². The van der Waals surface area contributed by atoms with E-state index in [2.05, 4.69) is 20.9 Å². The van der Waals surface area contributed by atoms with Crippen molar-refractivity contribution in [3.8, 4) is 0 Å². The first-order valence-electron chi connectivity index (χ1n) is 10.9. The third-order valence-corrected chi connectivity index (χ3v) is 6.22. The lowest BCUT2D eigenvalue weighted by molar-refractivity contribution is 0.0546. The van der Waals surface area contributed by atoms with Crippen LogP contribution in [-0.2, 0) is 6.54 Å². The van der Waals surface area contributed by atoms with Gasteiger partial charge in [-0.05, 0) is 56.8 Å². The van der Waals surface area contributed by atoms with Gasteiger partial charge in [-0.2, -0.15) is 0 Å². The van der Waals surface area contributed by atoms with Gasteiger partial charge in [-0.1, -0.05) is 31.0 Å². The SMILES string of the molecule is O=C(c1ccccc1Cn1ccnc1)N1CCCC[C@H]1CN1CCCCCC1. The summed E-state index contributed by atoms with van der Waals surface area (Å²) in [6.07, 6.45) is 14.3. The van der Waals surface area contributed by atoms with Gasteiger partial charge in [-0.25, -0.2) is 4.98 Å². The molecule has 1 aromatic heterocycles. The molecule has 0 radical (unpaired) electrons. The van der Waals surface area contributed by atoms with E-state index in [1.165, 1.54) is 45.2 Å². The third kappa shape index (κ3) is 4.64. The van der Waals surface area contributed by atoms with Crippen molar-refractivity contribution >= 4 is 5.91 Å². The molecular weight excluding hydrogens is 348 g/mol. The number of benzene rings is 1. The van der Waals surface area contributed by atoms with Crippen LogP contribution in [-0.4, -0.2) is 57.5 Å². The number of hydrogen-bond acceptors (Lipinski definition) is 3. The highest BCUT2D eigenvalue weighted by atomic mass is 16.2. The molecule has 0 saturated carbocycles. The minimum Gasteiger partial charge on any atom is -0.334 e. The Balaban J connectivity index is 1.50. The Morgan fingerprint density at radius 2 is 1.79 bits per heavy atom. The quantitative estimate of drug-likeness (QED) is 0.792. The number of carbonyl (C=O) groups excluding carboxylic acids is 1. The summed E-state index contributed by atoms with van der Waals surface area (Å²) in [4.78, 5) is 22.4. The van der Waals surface area contributed by atoms with Crippen molar-refractivity contribution in [3.63, 3.8) is 0 Å². The summed E-state index contributed by atoms with van der Waals surface area (Å²) in [7, 11) is 0. The van der Waals surface area contributed by atoms with E-state index in [0.29, 0.717) is 12.6 Å². The van der Waals surface area contributed by atoms with Crippen molar-refractivity contribution in [2.24, 2.45) is 0 Å². The standard InChI is InChI=1S/C23H32N4O/c28-23(22-11-4-3-9-20(22)17-26-16-12-24-19-26)27-15-8-5-10-21(27)18-25-13-6-1-2-7-14-25/h3-4,9,11-12,16,19,21H,1-2,5-8,10,13-15,17-18H2/t21-/m0/s1. The molecule has 150 valence electrons. The fourth-order valence-corrected chi connectivity index (χ4v) is 4.67. The van der Waals surface area contributed by atoms with Gasteiger partial charge in [0.1, 0.15) is 0 Å². The molecule has 1 amide bonds. The first kappa shape index (κ1) is 19.2. The van der Waals surface area contributed by atoms with Crippen LogP contribution >= 0.6 is 0 Å². The van der Waals surface area contributed by atoms with E-state index in [9.17, 15) is 4.79 Å². The molecule has 3 heterocycles. The second-order valence-corrected chi connectivity index (χ2v) is 8.26. The lowest BCUT2D eigenvalue weighted by atomic mass is 9.98. The van der Waals surface area contributed by atoms with Crippen LogP contribution in [0.3, 0.4) is 0 Å². The number of aromatic nitrogens is 2. The van der Waals surface area contributed by atoms with Crippen LogP contribution in [0.25, 0.3) is 0 Å². The zero-order chi connectivity index (χ0) is 19.2. The van der Waals surface area contributed by atoms with Crippen LogP contribution in [0.2, 0.25) is 0 Å². The predicted octanol–water partition coefficient (Wildman–Crippen LogP) is 3.80. The topological polar surface area (TPSA) is 41.4 Å². The number of rotatable bonds is 5. The van der Waals surface area contributed by atoms with Crippen molar-refractivity contribution in [2.75, 3.05) is 26.2 Å². The highest BCUT2D eigenvalue weighted by Gasteiger charge is 2.30. The van der Waals surface area contributed by atoms with Crippen LogP contribution in [0, 0.1) is 0 Å². The van der Waals surface area contributed by atoms with Crippen LogP contribution < -0.4 is 0 Å². The van der Waals surface area contributed by atoms with Crippen molar-refractivity contribution in [3.05, 3.63) is 54.1 Å². The molecule has 2 aromatic rings. The maximum absolute atomic E-state index is 13.6. The largest absolute Gasteiger partial charge is 0.334 e. The molecule has 28 heavy (non-hydrogen) atoms. The van der Waals surface area contributed by atoms with E-state index in [4.69, 9.17) is 0 Å². The van der Waals surface area contributed by atoms with Crippen LogP contribution in [0.5, 0.6) is 0 Å². The summed E-state index contributed by atoms with van der Waals surface area (Å²) in [5, 5.41) is 0. The summed E-state index contributed by atoms with van der Waals surface area (Å²) in [5.74, 6) is 0.204. The van der Waals surface area contributed by atoms with Gasteiger partial charge in [-0.15, -0.1) is 0 Å². The summed E-state index contributed by atoms with van der Waals surface area (Å²) in [6, 6.07) is 8.42. The van der Waals surface area contributed by atoms with Crippen molar-refractivity contribution in [1.82, 2.24) is 19.4 Å². The predicted molar refractivity (Wildman–Crippen MR) is 111 cm³/mol. The Bertz CT molecular complexity index is 750. The van der Waals surface area contributed by atoms with Crippen LogP contribution in [0.1, 0.15) is 60.9 Å². The van der Waals surface area contributed by atoms with Gasteiger partial charge in [0.15, 0.2) is 0 Å². The summed E-state index contributed by atoms with van der Waals surface area (Å²) < 4.78 is 2.02. The average Bonchev–Trinajstić information content (AvgIpc) is 3.10. The van der Waals surface area contributed by atoms with Crippen LogP contribution in [0.15, 0.2) is 43.0 Å². The Labute approximate surface area is 168 Å². The number of amides is 1. The van der Waals surface area contributed by atoms with E-state index < -0.39 is 0 Å². The second-order valence-electron chi connectivity index (χ2n) is 8.26. The van der Waals surface area contributed by atoms with E-state index in [1.54, 1.807) is 6.20 Å². The van der Waals surface area contributed by atoms with Gasteiger partial charge in [0.2, 0.25) is 0 Å². The third-order valence-electron chi connectivity index (χ3n) is 6.22. The second kappa shape index (κ2) is 9.37. The molecule has 0 aliphatic carbocycles. The molecular formula is C23H32N4O. The Morgan fingerprint density at radius 1 is 1.00 bits per heavy atom.